The molecule has 0 aliphatic rings. The summed E-state index contributed by atoms with van der Waals surface area (Å²) in [7, 11) is 0. The number of unbranched alkanes of at least 4 members (excludes halogenated alkanes) is 21. The van der Waals surface area contributed by atoms with Gasteiger partial charge in [-0.25, -0.2) is 0 Å². The summed E-state index contributed by atoms with van der Waals surface area (Å²) in [5, 5.41) is 23.7. The Morgan fingerprint density at radius 3 is 1.40 bits per heavy atom. The molecule has 65 heavy (non-hydrogen) atoms. The van der Waals surface area contributed by atoms with E-state index in [2.05, 4.69) is 123 Å². The monoisotopic (exact) mass is 904 g/mol. The number of aliphatic hydroxyl groups excluding tert-OH is 2. The predicted octanol–water partition coefficient (Wildman–Crippen LogP) is 16.5. The summed E-state index contributed by atoms with van der Waals surface area (Å²) in [4.78, 5) is 26.2. The Balaban J connectivity index is 4.75. The third kappa shape index (κ3) is 47.1. The highest BCUT2D eigenvalue weighted by Gasteiger charge is 2.24. The van der Waals surface area contributed by atoms with Gasteiger partial charge in [-0.05, 0) is 89.9 Å². The zero-order valence-electron chi connectivity index (χ0n) is 42.3. The molecule has 0 heterocycles. The van der Waals surface area contributed by atoms with E-state index in [0.29, 0.717) is 19.3 Å². The summed E-state index contributed by atoms with van der Waals surface area (Å²) < 4.78 is 5.91. The number of carbonyl (C=O) groups excluding carboxylic acids is 2. The van der Waals surface area contributed by atoms with E-state index in [0.717, 1.165) is 109 Å². The second kappa shape index (κ2) is 51.8. The van der Waals surface area contributed by atoms with Gasteiger partial charge in [0.2, 0.25) is 5.91 Å². The first-order chi connectivity index (χ1) is 32.0. The molecule has 3 atom stereocenters. The lowest BCUT2D eigenvalue weighted by molar-refractivity contribution is -0.151. The topological polar surface area (TPSA) is 95.9 Å². The number of hydrogen-bond acceptors (Lipinski definition) is 5. The number of ether oxygens (including phenoxy) is 1. The fourth-order valence-corrected chi connectivity index (χ4v) is 7.64. The van der Waals surface area contributed by atoms with Crippen LogP contribution < -0.4 is 5.32 Å². The van der Waals surface area contributed by atoms with Crippen molar-refractivity contribution in [3.05, 3.63) is 97.2 Å². The lowest BCUT2D eigenvalue weighted by atomic mass is 10.0. The van der Waals surface area contributed by atoms with Crippen LogP contribution >= 0.6 is 0 Å². The first kappa shape index (κ1) is 61.8. The molecule has 0 fully saturated rings. The molecule has 3 unspecified atom stereocenters. The highest BCUT2D eigenvalue weighted by Crippen LogP contribution is 2.16. The minimum Gasteiger partial charge on any atom is -0.462 e. The quantitative estimate of drug-likeness (QED) is 0.0245. The summed E-state index contributed by atoms with van der Waals surface area (Å²) in [5.74, 6) is -0.558. The Kier molecular flexibility index (Phi) is 49.2. The van der Waals surface area contributed by atoms with Crippen molar-refractivity contribution in [1.29, 1.82) is 0 Å². The van der Waals surface area contributed by atoms with Crippen LogP contribution in [0.3, 0.4) is 0 Å². The number of hydrogen-bond donors (Lipinski definition) is 3. The van der Waals surface area contributed by atoms with Crippen LogP contribution in [-0.4, -0.2) is 46.9 Å². The van der Waals surface area contributed by atoms with Crippen LogP contribution in [-0.2, 0) is 14.3 Å². The normalized spacial score (nSPS) is 14.0. The van der Waals surface area contributed by atoms with Crippen molar-refractivity contribution in [3.8, 4) is 0 Å². The maximum Gasteiger partial charge on any atom is 0.306 e. The van der Waals surface area contributed by atoms with E-state index in [-0.39, 0.29) is 24.9 Å². The number of aliphatic hydroxyl groups is 2. The SMILES string of the molecule is CC/C=C\C/C=C\C/C=C\C/C=C\C/C=C\CCCC(CC(=O)NC(CO)C(O)CCCCCCCCCCCCC)OC(=O)CCCCCCC/C=C/C=C/C=C/CCCCCCC. The minimum atomic E-state index is -0.811. The lowest BCUT2D eigenvalue weighted by Crippen LogP contribution is -2.46. The molecule has 0 bridgehead atoms. The summed E-state index contributed by atoms with van der Waals surface area (Å²) in [6, 6.07) is -0.730. The van der Waals surface area contributed by atoms with Crippen LogP contribution in [0.25, 0.3) is 0 Å². The van der Waals surface area contributed by atoms with Gasteiger partial charge in [0.05, 0.1) is 25.2 Å². The Labute approximate surface area is 401 Å². The van der Waals surface area contributed by atoms with Crippen LogP contribution in [0, 0.1) is 0 Å². The van der Waals surface area contributed by atoms with Crippen molar-refractivity contribution >= 4 is 11.9 Å². The molecule has 0 aromatic heterocycles. The van der Waals surface area contributed by atoms with Crippen LogP contribution in [0.5, 0.6) is 0 Å². The van der Waals surface area contributed by atoms with Gasteiger partial charge in [0.25, 0.3) is 0 Å². The van der Waals surface area contributed by atoms with Crippen molar-refractivity contribution in [3.63, 3.8) is 0 Å². The number of esters is 1. The molecule has 1 amide bonds. The summed E-state index contributed by atoms with van der Waals surface area (Å²) in [6.45, 7) is 6.32. The van der Waals surface area contributed by atoms with Gasteiger partial charge in [0, 0.05) is 6.42 Å². The van der Waals surface area contributed by atoms with Crippen molar-refractivity contribution in [1.82, 2.24) is 5.32 Å². The van der Waals surface area contributed by atoms with Crippen molar-refractivity contribution in [2.75, 3.05) is 6.61 Å². The van der Waals surface area contributed by atoms with E-state index >= 15 is 0 Å². The number of rotatable bonds is 47. The highest BCUT2D eigenvalue weighted by atomic mass is 16.5. The molecule has 0 rings (SSSR count). The number of amides is 1. The van der Waals surface area contributed by atoms with Gasteiger partial charge in [-0.3, -0.25) is 9.59 Å². The Bertz CT molecular complexity index is 1290. The molecule has 0 aliphatic carbocycles. The fourth-order valence-electron chi connectivity index (χ4n) is 7.64. The molecule has 0 aromatic rings. The molecule has 0 saturated heterocycles. The fraction of sp³-hybridized carbons (Fsp3) is 0.695. The highest BCUT2D eigenvalue weighted by molar-refractivity contribution is 5.77. The Hall–Kier alpha value is -3.22. The molecular formula is C59H101NO5. The molecule has 372 valence electrons. The number of allylic oxidation sites excluding steroid dienone is 16. The first-order valence-corrected chi connectivity index (χ1v) is 27.0. The molecule has 0 saturated carbocycles. The van der Waals surface area contributed by atoms with Crippen LogP contribution in [0.4, 0.5) is 0 Å². The molecule has 6 heteroatoms. The maximum absolute atomic E-state index is 13.2. The van der Waals surface area contributed by atoms with E-state index in [1.165, 1.54) is 83.5 Å². The molecular weight excluding hydrogens is 803 g/mol. The standard InChI is InChI=1S/C59H101NO5/c1-4-7-10-13-16-19-22-24-26-28-30-32-34-37-40-43-46-49-52-59(64)65-55(50-47-44-41-38-36-33-31-29-27-25-23-20-17-14-11-8-5-2)53-58(63)60-56(54-61)57(62)51-48-45-42-39-35-21-18-15-12-9-6-3/h8,11,17,20,22,24-28,30-33,38,41,55-57,61-62H,4-7,9-10,12-16,18-19,21,23,29,34-37,39-40,42-54H2,1-3H3,(H,60,63)/b11-8-,20-17-,24-22+,27-25-,28-26+,32-30+,33-31-,41-38-. The lowest BCUT2D eigenvalue weighted by Gasteiger charge is -2.24. The predicted molar refractivity (Wildman–Crippen MR) is 282 cm³/mol. The average molecular weight is 904 g/mol. The third-order valence-electron chi connectivity index (χ3n) is 11.7. The van der Waals surface area contributed by atoms with Gasteiger partial charge in [-0.2, -0.15) is 0 Å². The van der Waals surface area contributed by atoms with Gasteiger partial charge in [-0.15, -0.1) is 0 Å². The minimum absolute atomic E-state index is 0.0250. The molecule has 0 radical (unpaired) electrons. The van der Waals surface area contributed by atoms with Gasteiger partial charge < -0.3 is 20.3 Å². The molecule has 6 nitrogen and oxygen atoms in total. The Morgan fingerprint density at radius 2 is 0.908 bits per heavy atom. The zero-order chi connectivity index (χ0) is 47.4. The molecule has 0 spiro atoms. The number of carbonyl (C=O) groups is 2. The van der Waals surface area contributed by atoms with Gasteiger partial charge in [0.1, 0.15) is 6.10 Å². The molecule has 3 N–H and O–H groups in total. The van der Waals surface area contributed by atoms with E-state index < -0.39 is 18.2 Å². The van der Waals surface area contributed by atoms with E-state index in [9.17, 15) is 19.8 Å². The smallest absolute Gasteiger partial charge is 0.306 e. The summed E-state index contributed by atoms with van der Waals surface area (Å²) in [5.41, 5.74) is 0. The van der Waals surface area contributed by atoms with Crippen LogP contribution in [0.2, 0.25) is 0 Å². The maximum atomic E-state index is 13.2. The van der Waals surface area contributed by atoms with Gasteiger partial charge in [0.15, 0.2) is 0 Å². The van der Waals surface area contributed by atoms with E-state index in [1.807, 2.05) is 0 Å². The van der Waals surface area contributed by atoms with Gasteiger partial charge >= 0.3 is 5.97 Å². The Morgan fingerprint density at radius 1 is 0.477 bits per heavy atom. The molecule has 0 aliphatic heterocycles. The van der Waals surface area contributed by atoms with Crippen LogP contribution in [0.1, 0.15) is 239 Å². The average Bonchev–Trinajstić information content (AvgIpc) is 3.30. The number of nitrogens with one attached hydrogen (secondary N) is 1. The molecule has 0 aromatic carbocycles. The summed E-state index contributed by atoms with van der Waals surface area (Å²) in [6.07, 6.45) is 69.0. The van der Waals surface area contributed by atoms with Crippen molar-refractivity contribution in [2.24, 2.45) is 0 Å². The van der Waals surface area contributed by atoms with Crippen molar-refractivity contribution in [2.45, 2.75) is 257 Å². The van der Waals surface area contributed by atoms with Gasteiger partial charge in [-0.1, -0.05) is 234 Å². The second-order valence-electron chi connectivity index (χ2n) is 18.0. The zero-order valence-corrected chi connectivity index (χ0v) is 42.3. The van der Waals surface area contributed by atoms with E-state index in [4.69, 9.17) is 4.74 Å². The summed E-state index contributed by atoms with van der Waals surface area (Å²) >= 11 is 0. The largest absolute Gasteiger partial charge is 0.462 e. The second-order valence-corrected chi connectivity index (χ2v) is 18.0. The van der Waals surface area contributed by atoms with Crippen LogP contribution in [0.15, 0.2) is 97.2 Å². The first-order valence-electron chi connectivity index (χ1n) is 27.0. The van der Waals surface area contributed by atoms with Crippen molar-refractivity contribution < 1.29 is 24.5 Å². The third-order valence-corrected chi connectivity index (χ3v) is 11.7. The van der Waals surface area contributed by atoms with E-state index in [1.54, 1.807) is 0 Å².